The van der Waals surface area contributed by atoms with Gasteiger partial charge in [0.2, 0.25) is 23.6 Å². The lowest BCUT2D eigenvalue weighted by Crippen LogP contribution is -2.43. The van der Waals surface area contributed by atoms with Crippen molar-refractivity contribution in [2.45, 2.75) is 168 Å². The standard InChI is InChI=1S/C43H78N4O13.C2H7N.C2H6/c1-36(48)20-16-15-19-25-44-39(50)34-59-32-31-58-29-27-46-40(51)35-60-33-30-57-28-26-45-38(49)24-23-37(43(55)56)47(2)41(52)21-17-13-11-9-7-5-3-4-6-8-10-12-14-18-22-42(53)54;1-3-2;1-2/h37H,3-35H2,1-2H3,(H,44,50)(H,45,49)(H,46,51)(H,53,54)(H,55,56);3H,1-2H3;1-2H3. The first kappa shape index (κ1) is 65.6. The molecule has 0 aromatic heterocycles. The molecule has 1 unspecified atom stereocenters. The van der Waals surface area contributed by atoms with Crippen molar-refractivity contribution in [1.29, 1.82) is 0 Å². The summed E-state index contributed by atoms with van der Waals surface area (Å²) in [5, 5.41) is 29.2. The second kappa shape index (κ2) is 51.3. The highest BCUT2D eigenvalue weighted by Gasteiger charge is 2.26. The van der Waals surface area contributed by atoms with Gasteiger partial charge in [-0.25, -0.2) is 4.79 Å². The zero-order chi connectivity index (χ0) is 49.2. The van der Waals surface area contributed by atoms with Gasteiger partial charge in [-0.05, 0) is 53.1 Å². The van der Waals surface area contributed by atoms with Crippen LogP contribution in [0.2, 0.25) is 0 Å². The van der Waals surface area contributed by atoms with Crippen LogP contribution < -0.4 is 21.3 Å². The third-order valence-electron chi connectivity index (χ3n) is 9.70. The van der Waals surface area contributed by atoms with Crippen LogP contribution in [-0.4, -0.2) is 156 Å². The van der Waals surface area contributed by atoms with E-state index in [0.717, 1.165) is 57.8 Å². The third-order valence-corrected chi connectivity index (χ3v) is 9.70. The molecule has 0 bridgehead atoms. The number of nitrogens with zero attached hydrogens (tertiary/aromatic N) is 1. The average molecular weight is 934 g/mol. The fourth-order valence-corrected chi connectivity index (χ4v) is 6.16. The van der Waals surface area contributed by atoms with Crippen molar-refractivity contribution >= 4 is 41.4 Å². The molecule has 6 N–H and O–H groups in total. The highest BCUT2D eigenvalue weighted by Crippen LogP contribution is 2.15. The van der Waals surface area contributed by atoms with Crippen LogP contribution in [0.15, 0.2) is 0 Å². The molecular formula is C47H91N5O13. The van der Waals surface area contributed by atoms with Gasteiger partial charge in [0.05, 0.1) is 39.6 Å². The van der Waals surface area contributed by atoms with Gasteiger partial charge in [0.1, 0.15) is 25.0 Å². The van der Waals surface area contributed by atoms with E-state index in [0.29, 0.717) is 19.4 Å². The summed E-state index contributed by atoms with van der Waals surface area (Å²) in [6.07, 6.45) is 18.7. The maximum absolute atomic E-state index is 12.7. The number of likely N-dealkylation sites (N-methyl/N-ethyl adjacent to an activating group) is 1. The molecule has 382 valence electrons. The predicted octanol–water partition coefficient (Wildman–Crippen LogP) is 5.43. The SMILES string of the molecule is CC.CC(=O)CCCCCNC(=O)COCCOCCNC(=O)COCCOCCNC(=O)CCC(C(=O)O)N(C)C(=O)CCCCCCCCCCCCCCCCC(=O)O.CNC. The quantitative estimate of drug-likeness (QED) is 0.0417. The summed E-state index contributed by atoms with van der Waals surface area (Å²) in [4.78, 5) is 83.1. The van der Waals surface area contributed by atoms with Crippen LogP contribution >= 0.6 is 0 Å². The number of carbonyl (C=O) groups is 7. The number of carbonyl (C=O) groups excluding carboxylic acids is 5. The van der Waals surface area contributed by atoms with Gasteiger partial charge in [0.15, 0.2) is 0 Å². The molecule has 0 fully saturated rings. The highest BCUT2D eigenvalue weighted by molar-refractivity contribution is 5.84. The van der Waals surface area contributed by atoms with Gasteiger partial charge in [-0.15, -0.1) is 0 Å². The number of hydrogen-bond donors (Lipinski definition) is 6. The Balaban J connectivity index is -0.00000735. The minimum Gasteiger partial charge on any atom is -0.481 e. The molecular weight excluding hydrogens is 843 g/mol. The summed E-state index contributed by atoms with van der Waals surface area (Å²) in [7, 11) is 5.22. The van der Waals surface area contributed by atoms with Gasteiger partial charge >= 0.3 is 11.9 Å². The molecule has 0 aliphatic carbocycles. The van der Waals surface area contributed by atoms with Gasteiger partial charge in [-0.3, -0.25) is 24.0 Å². The van der Waals surface area contributed by atoms with Crippen LogP contribution in [-0.2, 0) is 52.5 Å². The van der Waals surface area contributed by atoms with Crippen LogP contribution in [0.4, 0.5) is 0 Å². The monoisotopic (exact) mass is 934 g/mol. The lowest BCUT2D eigenvalue weighted by atomic mass is 10.0. The Hall–Kier alpha value is -3.71. The van der Waals surface area contributed by atoms with E-state index in [9.17, 15) is 38.7 Å². The molecule has 18 nitrogen and oxygen atoms in total. The van der Waals surface area contributed by atoms with Crippen molar-refractivity contribution in [3.8, 4) is 0 Å². The molecule has 18 heteroatoms. The molecule has 0 aromatic carbocycles. The second-order valence-corrected chi connectivity index (χ2v) is 15.6. The molecule has 0 radical (unpaired) electrons. The normalized spacial score (nSPS) is 11.0. The van der Waals surface area contributed by atoms with E-state index in [1.807, 2.05) is 27.9 Å². The van der Waals surface area contributed by atoms with Crippen molar-refractivity contribution in [3.05, 3.63) is 0 Å². The Morgan fingerprint density at radius 1 is 0.477 bits per heavy atom. The number of carboxylic acids is 2. The summed E-state index contributed by atoms with van der Waals surface area (Å²) in [6.45, 7) is 7.78. The first-order valence-electron chi connectivity index (χ1n) is 24.2. The first-order chi connectivity index (χ1) is 31.3. The molecule has 1 atom stereocenters. The van der Waals surface area contributed by atoms with Crippen LogP contribution in [0, 0.1) is 0 Å². The van der Waals surface area contributed by atoms with E-state index in [2.05, 4.69) is 21.3 Å². The topological polar surface area (TPSA) is 248 Å². The number of hydrogen-bond acceptors (Lipinski definition) is 12. The fourth-order valence-electron chi connectivity index (χ4n) is 6.16. The number of Topliss-reactive ketones (excluding diaryl/α,β-unsaturated/α-hetero) is 1. The number of carboxylic acid groups (broad SMARTS) is 2. The molecule has 4 amide bonds. The van der Waals surface area contributed by atoms with Gasteiger partial charge in [0.25, 0.3) is 0 Å². The van der Waals surface area contributed by atoms with Crippen molar-refractivity contribution < 1.29 is 62.7 Å². The molecule has 0 spiro atoms. The van der Waals surface area contributed by atoms with Gasteiger partial charge in [-0.2, -0.15) is 0 Å². The molecule has 0 aliphatic heterocycles. The third kappa shape index (κ3) is 51.1. The number of ketones is 1. The molecule has 0 saturated heterocycles. The number of aliphatic carboxylic acids is 2. The summed E-state index contributed by atoms with van der Waals surface area (Å²) in [5.74, 6) is -2.79. The number of nitrogens with one attached hydrogen (secondary N) is 4. The molecule has 65 heavy (non-hydrogen) atoms. The molecule has 0 rings (SSSR count). The Morgan fingerprint density at radius 2 is 0.846 bits per heavy atom. The van der Waals surface area contributed by atoms with Gasteiger partial charge in [-0.1, -0.05) is 97.3 Å². The number of amides is 4. The van der Waals surface area contributed by atoms with Gasteiger partial charge < -0.3 is 60.1 Å². The summed E-state index contributed by atoms with van der Waals surface area (Å²) >= 11 is 0. The summed E-state index contributed by atoms with van der Waals surface area (Å²) in [6, 6.07) is -1.09. The average Bonchev–Trinajstić information content (AvgIpc) is 3.27. The lowest BCUT2D eigenvalue weighted by molar-refractivity contribution is -0.149. The smallest absolute Gasteiger partial charge is 0.326 e. The van der Waals surface area contributed by atoms with E-state index in [1.165, 1.54) is 56.9 Å². The Morgan fingerprint density at radius 3 is 1.28 bits per heavy atom. The minimum atomic E-state index is -1.15. The molecule has 0 heterocycles. The largest absolute Gasteiger partial charge is 0.481 e. The van der Waals surface area contributed by atoms with E-state index in [4.69, 9.17) is 24.1 Å². The van der Waals surface area contributed by atoms with Crippen molar-refractivity contribution in [3.63, 3.8) is 0 Å². The first-order valence-corrected chi connectivity index (χ1v) is 24.2. The molecule has 0 saturated carbocycles. The molecule has 0 aromatic rings. The van der Waals surface area contributed by atoms with Gasteiger partial charge in [0, 0.05) is 52.4 Å². The van der Waals surface area contributed by atoms with Crippen LogP contribution in [0.1, 0.15) is 162 Å². The van der Waals surface area contributed by atoms with E-state index >= 15 is 0 Å². The predicted molar refractivity (Wildman–Crippen MR) is 253 cm³/mol. The van der Waals surface area contributed by atoms with E-state index in [-0.39, 0.29) is 121 Å². The maximum Gasteiger partial charge on any atom is 0.326 e. The van der Waals surface area contributed by atoms with Crippen LogP contribution in [0.5, 0.6) is 0 Å². The Kier molecular flexibility index (Phi) is 51.7. The minimum absolute atomic E-state index is 0.000176. The fraction of sp³-hybridized carbons (Fsp3) is 0.851. The van der Waals surface area contributed by atoms with Crippen LogP contribution in [0.25, 0.3) is 0 Å². The van der Waals surface area contributed by atoms with Crippen molar-refractivity contribution in [2.24, 2.45) is 0 Å². The van der Waals surface area contributed by atoms with E-state index in [1.54, 1.807) is 6.92 Å². The van der Waals surface area contributed by atoms with Crippen molar-refractivity contribution in [2.75, 3.05) is 93.6 Å². The maximum atomic E-state index is 12.7. The highest BCUT2D eigenvalue weighted by atomic mass is 16.5. The zero-order valence-corrected chi connectivity index (χ0v) is 41.2. The second-order valence-electron chi connectivity index (χ2n) is 15.6. The summed E-state index contributed by atoms with van der Waals surface area (Å²) < 4.78 is 21.3. The number of unbranched alkanes of at least 4 members (excludes halogenated alkanes) is 15. The lowest BCUT2D eigenvalue weighted by Gasteiger charge is -2.25. The number of ether oxygens (including phenoxy) is 4. The zero-order valence-electron chi connectivity index (χ0n) is 41.2. The van der Waals surface area contributed by atoms with Crippen molar-refractivity contribution in [1.82, 2.24) is 26.2 Å². The van der Waals surface area contributed by atoms with Crippen LogP contribution in [0.3, 0.4) is 0 Å². The summed E-state index contributed by atoms with van der Waals surface area (Å²) in [5.41, 5.74) is 0. The van der Waals surface area contributed by atoms with E-state index < -0.39 is 18.0 Å². The Labute approximate surface area is 391 Å². The Bertz CT molecular complexity index is 1200. The number of rotatable bonds is 44. The molecule has 0 aliphatic rings.